The average Bonchev–Trinajstić information content (AvgIpc) is 2.67. The first-order valence-corrected chi connectivity index (χ1v) is 10.5. The normalized spacial score (nSPS) is 11.6. The highest BCUT2D eigenvalue weighted by Gasteiger charge is 2.29. The van der Waals surface area contributed by atoms with Crippen molar-refractivity contribution in [1.82, 2.24) is 0 Å². The highest BCUT2D eigenvalue weighted by atomic mass is 31.2. The molecule has 0 atom stereocenters. The molecule has 0 N–H and O–H groups in total. The van der Waals surface area contributed by atoms with Gasteiger partial charge in [0.05, 0.1) is 18.8 Å². The summed E-state index contributed by atoms with van der Waals surface area (Å²) in [5, 5.41) is 0. The molecule has 0 radical (unpaired) electrons. The molecular weight excluding hydrogens is 377 g/mol. The molecule has 150 valence electrons. The Balaban J connectivity index is 2.20. The smallest absolute Gasteiger partial charge is 0.403 e. The minimum absolute atomic E-state index is 0.158. The fraction of sp³-hybridized carbons (Fsp3) is 0.286. The van der Waals surface area contributed by atoms with E-state index in [1.807, 2.05) is 43.3 Å². The highest BCUT2D eigenvalue weighted by molar-refractivity contribution is 7.48. The van der Waals surface area contributed by atoms with Crippen molar-refractivity contribution >= 4 is 25.4 Å². The molecule has 2 rings (SSSR count). The fourth-order valence-corrected chi connectivity index (χ4v) is 3.63. The molecule has 0 bridgehead atoms. The van der Waals surface area contributed by atoms with Gasteiger partial charge in [0.25, 0.3) is 0 Å². The maximum Gasteiger partial charge on any atom is 0.530 e. The van der Waals surface area contributed by atoms with E-state index in [0.717, 1.165) is 11.3 Å². The van der Waals surface area contributed by atoms with E-state index in [1.165, 1.54) is 6.08 Å². The molecule has 0 aliphatic carbocycles. The number of phosphoric ester groups is 1. The summed E-state index contributed by atoms with van der Waals surface area (Å²) in [6.07, 6.45) is 3.18. The highest BCUT2D eigenvalue weighted by Crippen LogP contribution is 2.50. The third kappa shape index (κ3) is 6.06. The maximum absolute atomic E-state index is 12.7. The minimum atomic E-state index is -3.78. The van der Waals surface area contributed by atoms with Gasteiger partial charge in [0.1, 0.15) is 5.75 Å². The van der Waals surface area contributed by atoms with Crippen LogP contribution in [-0.4, -0.2) is 33.1 Å². The summed E-state index contributed by atoms with van der Waals surface area (Å²) in [6.45, 7) is 3.71. The Hall–Kier alpha value is -2.40. The molecule has 6 nitrogen and oxygen atoms in total. The molecule has 7 heteroatoms. The van der Waals surface area contributed by atoms with Crippen molar-refractivity contribution < 1.29 is 22.9 Å². The zero-order valence-electron chi connectivity index (χ0n) is 16.6. The van der Waals surface area contributed by atoms with E-state index < -0.39 is 7.82 Å². The molecule has 0 saturated heterocycles. The molecule has 0 fully saturated rings. The van der Waals surface area contributed by atoms with Crippen LogP contribution in [0.2, 0.25) is 0 Å². The van der Waals surface area contributed by atoms with Gasteiger partial charge < -0.3 is 9.42 Å². The van der Waals surface area contributed by atoms with Crippen LogP contribution in [-0.2, 0) is 13.6 Å². The second-order valence-corrected chi connectivity index (χ2v) is 7.65. The number of ketones is 1. The van der Waals surface area contributed by atoms with Crippen molar-refractivity contribution in [3.8, 4) is 5.75 Å². The van der Waals surface area contributed by atoms with Crippen LogP contribution in [0, 0.1) is 0 Å². The molecule has 0 saturated carbocycles. The number of anilines is 1. The van der Waals surface area contributed by atoms with Gasteiger partial charge in [-0.15, -0.1) is 0 Å². The molecule has 0 aromatic heterocycles. The van der Waals surface area contributed by atoms with Gasteiger partial charge in [-0.3, -0.25) is 13.8 Å². The van der Waals surface area contributed by atoms with Crippen LogP contribution in [0.15, 0.2) is 54.6 Å². The van der Waals surface area contributed by atoms with Gasteiger partial charge in [-0.1, -0.05) is 30.3 Å². The number of hydrogen-bond donors (Lipinski definition) is 0. The van der Waals surface area contributed by atoms with Crippen molar-refractivity contribution in [3.05, 3.63) is 65.7 Å². The summed E-state index contributed by atoms with van der Waals surface area (Å²) in [7, 11) is 0.153. The molecule has 0 amide bonds. The topological polar surface area (TPSA) is 65.1 Å². The molecule has 2 aromatic carbocycles. The Morgan fingerprint density at radius 1 is 1.00 bits per heavy atom. The molecule has 28 heavy (non-hydrogen) atoms. The van der Waals surface area contributed by atoms with E-state index in [4.69, 9.17) is 13.6 Å². The van der Waals surface area contributed by atoms with Crippen LogP contribution in [0.3, 0.4) is 0 Å². The number of phosphoric acid groups is 1. The van der Waals surface area contributed by atoms with E-state index in [-0.39, 0.29) is 30.3 Å². The zero-order chi connectivity index (χ0) is 20.6. The summed E-state index contributed by atoms with van der Waals surface area (Å²) < 4.78 is 28.4. The number of hydrogen-bond acceptors (Lipinski definition) is 6. The molecule has 2 aromatic rings. The minimum Gasteiger partial charge on any atom is -0.403 e. The predicted molar refractivity (Wildman–Crippen MR) is 112 cm³/mol. The third-order valence-electron chi connectivity index (χ3n) is 3.77. The second kappa shape index (κ2) is 10.2. The molecule has 0 aliphatic rings. The Labute approximate surface area is 166 Å². The van der Waals surface area contributed by atoms with Crippen molar-refractivity contribution in [2.45, 2.75) is 13.8 Å². The van der Waals surface area contributed by atoms with Gasteiger partial charge in [-0.05, 0) is 49.8 Å². The Bertz CT molecular complexity index is 851. The van der Waals surface area contributed by atoms with Crippen molar-refractivity contribution in [3.63, 3.8) is 0 Å². The summed E-state index contributed by atoms with van der Waals surface area (Å²) in [6, 6.07) is 14.4. The largest absolute Gasteiger partial charge is 0.530 e. The number of rotatable bonds is 10. The SMILES string of the molecule is CCOP(=O)(OCC)Oc1ccccc1C(=O)C=Cc1ccc(N(C)C)cc1. The van der Waals surface area contributed by atoms with Crippen LogP contribution in [0.4, 0.5) is 5.69 Å². The molecule has 0 unspecified atom stereocenters. The number of para-hydroxylation sites is 1. The lowest BCUT2D eigenvalue weighted by Gasteiger charge is -2.18. The Kier molecular flexibility index (Phi) is 8.00. The standard InChI is InChI=1S/C21H26NO5P/c1-5-25-28(24,26-6-2)27-21-10-8-7-9-19(21)20(23)16-13-17-11-14-18(15-12-17)22(3)4/h7-16H,5-6H2,1-4H3. The molecule has 0 heterocycles. The van der Waals surface area contributed by atoms with Crippen molar-refractivity contribution in [1.29, 1.82) is 0 Å². The first-order valence-electron chi connectivity index (χ1n) is 9.06. The van der Waals surface area contributed by atoms with Crippen LogP contribution in [0.25, 0.3) is 6.08 Å². The van der Waals surface area contributed by atoms with Gasteiger partial charge in [0.2, 0.25) is 0 Å². The Morgan fingerprint density at radius 3 is 2.18 bits per heavy atom. The van der Waals surface area contributed by atoms with Crippen LogP contribution < -0.4 is 9.42 Å². The molecular formula is C21H26NO5P. The van der Waals surface area contributed by atoms with Crippen molar-refractivity contribution in [2.75, 3.05) is 32.2 Å². The van der Waals surface area contributed by atoms with Crippen molar-refractivity contribution in [2.24, 2.45) is 0 Å². The number of nitrogens with zero attached hydrogens (tertiary/aromatic N) is 1. The van der Waals surface area contributed by atoms with Gasteiger partial charge in [0, 0.05) is 19.8 Å². The Morgan fingerprint density at radius 2 is 1.61 bits per heavy atom. The van der Waals surface area contributed by atoms with E-state index >= 15 is 0 Å². The van der Waals surface area contributed by atoms with E-state index in [0.29, 0.717) is 0 Å². The van der Waals surface area contributed by atoms with Crippen LogP contribution >= 0.6 is 7.82 Å². The summed E-state index contributed by atoms with van der Waals surface area (Å²) in [5.74, 6) is -0.114. The average molecular weight is 403 g/mol. The maximum atomic E-state index is 12.7. The first-order chi connectivity index (χ1) is 13.4. The van der Waals surface area contributed by atoms with Crippen LogP contribution in [0.5, 0.6) is 5.75 Å². The van der Waals surface area contributed by atoms with Crippen LogP contribution in [0.1, 0.15) is 29.8 Å². The fourth-order valence-electron chi connectivity index (χ4n) is 2.42. The first kappa shape index (κ1) is 21.9. The lowest BCUT2D eigenvalue weighted by atomic mass is 10.1. The lowest BCUT2D eigenvalue weighted by molar-refractivity contribution is 0.104. The van der Waals surface area contributed by atoms with E-state index in [9.17, 15) is 9.36 Å². The number of allylic oxidation sites excluding steroid dienone is 1. The number of carbonyl (C=O) groups is 1. The van der Waals surface area contributed by atoms with E-state index in [2.05, 4.69) is 0 Å². The van der Waals surface area contributed by atoms with E-state index in [1.54, 1.807) is 44.2 Å². The summed E-state index contributed by atoms with van der Waals surface area (Å²) in [4.78, 5) is 14.7. The quantitative estimate of drug-likeness (QED) is 0.308. The predicted octanol–water partition coefficient (Wildman–Crippen LogP) is 5.21. The monoisotopic (exact) mass is 403 g/mol. The summed E-state index contributed by atoms with van der Waals surface area (Å²) in [5.41, 5.74) is 2.25. The molecule has 0 spiro atoms. The van der Waals surface area contributed by atoms with Gasteiger partial charge in [-0.2, -0.15) is 0 Å². The lowest BCUT2D eigenvalue weighted by Crippen LogP contribution is -2.07. The van der Waals surface area contributed by atoms with Gasteiger partial charge in [-0.25, -0.2) is 4.57 Å². The zero-order valence-corrected chi connectivity index (χ0v) is 17.5. The number of carbonyl (C=O) groups excluding carboxylic acids is 1. The second-order valence-electron chi connectivity index (χ2n) is 6.05. The number of benzene rings is 2. The summed E-state index contributed by atoms with van der Waals surface area (Å²) >= 11 is 0. The van der Waals surface area contributed by atoms with Gasteiger partial charge in [0.15, 0.2) is 5.78 Å². The molecule has 0 aliphatic heterocycles. The third-order valence-corrected chi connectivity index (χ3v) is 5.34. The van der Waals surface area contributed by atoms with Gasteiger partial charge >= 0.3 is 7.82 Å².